The minimum Gasteiger partial charge on any atom is -0.379 e. The Labute approximate surface area is 144 Å². The molecule has 0 saturated carbocycles. The summed E-state index contributed by atoms with van der Waals surface area (Å²) in [5.74, 6) is 1.04. The Morgan fingerprint density at radius 3 is 2.91 bits per heavy atom. The number of hydrogen-bond acceptors (Lipinski definition) is 6. The van der Waals surface area contributed by atoms with Crippen molar-refractivity contribution in [2.45, 2.75) is 17.7 Å². The summed E-state index contributed by atoms with van der Waals surface area (Å²) in [5, 5.41) is 0. The first kappa shape index (κ1) is 17.0. The van der Waals surface area contributed by atoms with Gasteiger partial charge in [-0.2, -0.15) is 12.7 Å². The molecule has 1 N–H and O–H groups in total. The van der Waals surface area contributed by atoms with Gasteiger partial charge in [-0.25, -0.2) is 4.98 Å². The minimum absolute atomic E-state index is 0.385. The quantitative estimate of drug-likeness (QED) is 0.789. The van der Waals surface area contributed by atoms with Crippen LogP contribution in [0.4, 0.5) is 5.69 Å². The summed E-state index contributed by atoms with van der Waals surface area (Å²) in [6.07, 6.45) is 1.10. The van der Waals surface area contributed by atoms with Crippen LogP contribution in [0.15, 0.2) is 22.5 Å². The van der Waals surface area contributed by atoms with Crippen molar-refractivity contribution in [3.8, 4) is 0 Å². The molecule has 0 atom stereocenters. The van der Waals surface area contributed by atoms with Crippen molar-refractivity contribution in [3.05, 3.63) is 18.2 Å². The molecule has 9 heteroatoms. The molecule has 1 fully saturated rings. The van der Waals surface area contributed by atoms with Gasteiger partial charge < -0.3 is 4.74 Å². The fourth-order valence-electron chi connectivity index (χ4n) is 2.22. The number of ether oxygens (including phenoxy) is 1. The normalized spacial score (nSPS) is 16.7. The molecule has 23 heavy (non-hydrogen) atoms. The second kappa shape index (κ2) is 7.35. The SMILES string of the molecule is CCCSc1nc2ccc(NS(=O)(=O)N3CCOCC3)cc2s1. The van der Waals surface area contributed by atoms with Gasteiger partial charge in [0.2, 0.25) is 0 Å². The number of anilines is 1. The molecule has 126 valence electrons. The van der Waals surface area contributed by atoms with Crippen molar-refractivity contribution in [1.82, 2.24) is 9.29 Å². The molecule has 1 aliphatic rings. The molecule has 0 aliphatic carbocycles. The Kier molecular flexibility index (Phi) is 5.42. The van der Waals surface area contributed by atoms with Crippen molar-refractivity contribution < 1.29 is 13.2 Å². The van der Waals surface area contributed by atoms with E-state index in [1.54, 1.807) is 29.2 Å². The van der Waals surface area contributed by atoms with Crippen LogP contribution in [0, 0.1) is 0 Å². The van der Waals surface area contributed by atoms with E-state index in [-0.39, 0.29) is 0 Å². The summed E-state index contributed by atoms with van der Waals surface area (Å²) in [4.78, 5) is 4.55. The first-order valence-corrected chi connectivity index (χ1v) is 10.7. The second-order valence-electron chi connectivity index (χ2n) is 5.13. The maximum Gasteiger partial charge on any atom is 0.301 e. The molecule has 2 aromatic rings. The van der Waals surface area contributed by atoms with Crippen LogP contribution in [-0.2, 0) is 14.9 Å². The fourth-order valence-corrected chi connectivity index (χ4v) is 5.44. The molecular formula is C14H19N3O3S3. The van der Waals surface area contributed by atoms with E-state index >= 15 is 0 Å². The molecule has 0 radical (unpaired) electrons. The number of benzene rings is 1. The molecule has 0 bridgehead atoms. The predicted molar refractivity (Wildman–Crippen MR) is 95.6 cm³/mol. The van der Waals surface area contributed by atoms with Crippen LogP contribution in [0.25, 0.3) is 10.2 Å². The van der Waals surface area contributed by atoms with Gasteiger partial charge in [-0.3, -0.25) is 4.72 Å². The van der Waals surface area contributed by atoms with E-state index < -0.39 is 10.2 Å². The highest BCUT2D eigenvalue weighted by Crippen LogP contribution is 2.31. The largest absolute Gasteiger partial charge is 0.379 e. The number of aromatic nitrogens is 1. The van der Waals surface area contributed by atoms with Gasteiger partial charge in [0.05, 0.1) is 29.1 Å². The van der Waals surface area contributed by atoms with Gasteiger partial charge in [0.1, 0.15) is 0 Å². The van der Waals surface area contributed by atoms with E-state index in [2.05, 4.69) is 16.6 Å². The number of fused-ring (bicyclic) bond motifs is 1. The molecule has 1 aromatic heterocycles. The van der Waals surface area contributed by atoms with E-state index in [1.165, 1.54) is 4.31 Å². The van der Waals surface area contributed by atoms with E-state index in [1.807, 2.05) is 12.1 Å². The number of thioether (sulfide) groups is 1. The highest BCUT2D eigenvalue weighted by Gasteiger charge is 2.24. The third-order valence-electron chi connectivity index (χ3n) is 3.36. The van der Waals surface area contributed by atoms with E-state index in [9.17, 15) is 8.42 Å². The number of nitrogens with one attached hydrogen (secondary N) is 1. The number of thiazole rings is 1. The standard InChI is InChI=1S/C14H19N3O3S3/c1-2-9-21-14-15-12-4-3-11(10-13(12)22-14)16-23(18,19)17-5-7-20-8-6-17/h3-4,10,16H,2,5-9H2,1H3. The summed E-state index contributed by atoms with van der Waals surface area (Å²) in [6, 6.07) is 5.47. The zero-order valence-corrected chi connectivity index (χ0v) is 15.3. The molecular weight excluding hydrogens is 354 g/mol. The smallest absolute Gasteiger partial charge is 0.301 e. The summed E-state index contributed by atoms with van der Waals surface area (Å²) in [6.45, 7) is 3.78. The molecule has 0 unspecified atom stereocenters. The lowest BCUT2D eigenvalue weighted by molar-refractivity contribution is 0.0733. The van der Waals surface area contributed by atoms with Crippen LogP contribution in [0.5, 0.6) is 0 Å². The first-order chi connectivity index (χ1) is 11.1. The van der Waals surface area contributed by atoms with Crippen LogP contribution in [-0.4, -0.2) is 49.8 Å². The van der Waals surface area contributed by atoms with E-state index in [0.717, 1.165) is 26.7 Å². The van der Waals surface area contributed by atoms with Gasteiger partial charge in [0.15, 0.2) is 4.34 Å². The van der Waals surface area contributed by atoms with E-state index in [0.29, 0.717) is 32.0 Å². The fraction of sp³-hybridized carbons (Fsp3) is 0.500. The van der Waals surface area contributed by atoms with Gasteiger partial charge in [0, 0.05) is 18.8 Å². The van der Waals surface area contributed by atoms with Gasteiger partial charge in [-0.05, 0) is 24.6 Å². The maximum atomic E-state index is 12.4. The molecule has 1 saturated heterocycles. The van der Waals surface area contributed by atoms with Crippen LogP contribution in [0.3, 0.4) is 0 Å². The number of hydrogen-bond donors (Lipinski definition) is 1. The molecule has 1 aliphatic heterocycles. The Balaban J connectivity index is 1.77. The van der Waals surface area contributed by atoms with Crippen molar-refractivity contribution in [2.24, 2.45) is 0 Å². The summed E-state index contributed by atoms with van der Waals surface area (Å²) < 4.78 is 36.0. The van der Waals surface area contributed by atoms with Crippen molar-refractivity contribution in [1.29, 1.82) is 0 Å². The molecule has 6 nitrogen and oxygen atoms in total. The van der Waals surface area contributed by atoms with Crippen molar-refractivity contribution in [3.63, 3.8) is 0 Å². The number of morpholine rings is 1. The Morgan fingerprint density at radius 1 is 1.39 bits per heavy atom. The first-order valence-electron chi connectivity index (χ1n) is 7.47. The minimum atomic E-state index is -3.53. The van der Waals surface area contributed by atoms with Crippen LogP contribution >= 0.6 is 23.1 Å². The van der Waals surface area contributed by atoms with Gasteiger partial charge in [-0.1, -0.05) is 18.7 Å². The third kappa shape index (κ3) is 4.16. The Bertz CT molecular complexity index is 770. The zero-order chi connectivity index (χ0) is 16.3. The van der Waals surface area contributed by atoms with Gasteiger partial charge in [-0.15, -0.1) is 11.3 Å². The molecule has 0 amide bonds. The Morgan fingerprint density at radius 2 is 2.17 bits per heavy atom. The summed E-state index contributed by atoms with van der Waals surface area (Å²) in [7, 11) is -3.53. The lowest BCUT2D eigenvalue weighted by Gasteiger charge is -2.26. The van der Waals surface area contributed by atoms with Crippen molar-refractivity contribution >= 4 is 49.2 Å². The topological polar surface area (TPSA) is 71.5 Å². The second-order valence-corrected chi connectivity index (χ2v) is 9.17. The number of nitrogens with zero attached hydrogens (tertiary/aromatic N) is 2. The summed E-state index contributed by atoms with van der Waals surface area (Å²) >= 11 is 3.33. The number of rotatable bonds is 6. The highest BCUT2D eigenvalue weighted by molar-refractivity contribution is 8.01. The lowest BCUT2D eigenvalue weighted by atomic mass is 10.3. The molecule has 3 rings (SSSR count). The zero-order valence-electron chi connectivity index (χ0n) is 12.8. The lowest BCUT2D eigenvalue weighted by Crippen LogP contribution is -2.43. The van der Waals surface area contributed by atoms with Crippen LogP contribution in [0.1, 0.15) is 13.3 Å². The third-order valence-corrected chi connectivity index (χ3v) is 7.26. The predicted octanol–water partition coefficient (Wildman–Crippen LogP) is 2.79. The van der Waals surface area contributed by atoms with Crippen molar-refractivity contribution in [2.75, 3.05) is 36.8 Å². The molecule has 0 spiro atoms. The average Bonchev–Trinajstić information content (AvgIpc) is 2.95. The molecule has 1 aromatic carbocycles. The van der Waals surface area contributed by atoms with E-state index in [4.69, 9.17) is 4.74 Å². The monoisotopic (exact) mass is 373 g/mol. The molecule has 2 heterocycles. The van der Waals surface area contributed by atoms with Crippen LogP contribution in [0.2, 0.25) is 0 Å². The van der Waals surface area contributed by atoms with Crippen LogP contribution < -0.4 is 4.72 Å². The average molecular weight is 374 g/mol. The Hall–Kier alpha value is -0.870. The summed E-state index contributed by atoms with van der Waals surface area (Å²) in [5.41, 5.74) is 1.47. The van der Waals surface area contributed by atoms with Gasteiger partial charge >= 0.3 is 10.2 Å². The van der Waals surface area contributed by atoms with Gasteiger partial charge in [0.25, 0.3) is 0 Å². The maximum absolute atomic E-state index is 12.4. The highest BCUT2D eigenvalue weighted by atomic mass is 32.2.